The minimum atomic E-state index is -2.94. The molecule has 0 aromatic rings. The van der Waals surface area contributed by atoms with Crippen LogP contribution in [0.2, 0.25) is 0 Å². The van der Waals surface area contributed by atoms with Crippen molar-refractivity contribution in [3.63, 3.8) is 0 Å². The molecule has 13 heavy (non-hydrogen) atoms. The van der Waals surface area contributed by atoms with E-state index in [1.165, 1.54) is 0 Å². The Kier molecular flexibility index (Phi) is 2.13. The molecule has 0 aromatic carbocycles. The summed E-state index contributed by atoms with van der Waals surface area (Å²) in [5.74, 6) is 1.95. The SMILES string of the molecule is CCS(=O)(=O)N1CC2C(CN)C2C1. The van der Waals surface area contributed by atoms with Crippen LogP contribution in [0.4, 0.5) is 0 Å². The molecule has 2 aliphatic rings. The van der Waals surface area contributed by atoms with E-state index in [4.69, 9.17) is 5.73 Å². The molecule has 1 heterocycles. The molecule has 0 spiro atoms. The molecular formula is C8H16N2O2S. The molecule has 1 saturated carbocycles. The largest absolute Gasteiger partial charge is 0.330 e. The quantitative estimate of drug-likeness (QED) is 0.672. The molecule has 5 heteroatoms. The van der Waals surface area contributed by atoms with Crippen LogP contribution < -0.4 is 5.73 Å². The van der Waals surface area contributed by atoms with Gasteiger partial charge in [0.25, 0.3) is 0 Å². The number of nitrogens with zero attached hydrogens (tertiary/aromatic N) is 1. The molecule has 2 unspecified atom stereocenters. The van der Waals surface area contributed by atoms with Gasteiger partial charge in [0.2, 0.25) is 10.0 Å². The van der Waals surface area contributed by atoms with Crippen LogP contribution in [0.15, 0.2) is 0 Å². The maximum atomic E-state index is 11.5. The number of rotatable bonds is 3. The van der Waals surface area contributed by atoms with Crippen molar-refractivity contribution in [2.24, 2.45) is 23.5 Å². The van der Waals surface area contributed by atoms with E-state index in [0.717, 1.165) is 6.54 Å². The summed E-state index contributed by atoms with van der Waals surface area (Å²) in [6.07, 6.45) is 0. The summed E-state index contributed by atoms with van der Waals surface area (Å²) in [7, 11) is -2.94. The summed E-state index contributed by atoms with van der Waals surface area (Å²) < 4.78 is 24.5. The van der Waals surface area contributed by atoms with Crippen LogP contribution in [0.3, 0.4) is 0 Å². The van der Waals surface area contributed by atoms with Crippen molar-refractivity contribution in [1.82, 2.24) is 4.31 Å². The standard InChI is InChI=1S/C8H16N2O2S/c1-2-13(11,12)10-4-7-6(3-9)8(7)5-10/h6-8H,2-5,9H2,1H3. The zero-order chi connectivity index (χ0) is 9.64. The van der Waals surface area contributed by atoms with Crippen molar-refractivity contribution in [2.75, 3.05) is 25.4 Å². The Hall–Kier alpha value is -0.130. The van der Waals surface area contributed by atoms with Gasteiger partial charge >= 0.3 is 0 Å². The van der Waals surface area contributed by atoms with E-state index in [1.807, 2.05) is 0 Å². The molecule has 1 aliphatic heterocycles. The van der Waals surface area contributed by atoms with E-state index in [0.29, 0.717) is 30.8 Å². The molecule has 2 fully saturated rings. The van der Waals surface area contributed by atoms with E-state index in [2.05, 4.69) is 0 Å². The molecule has 2 rings (SSSR count). The lowest BCUT2D eigenvalue weighted by Crippen LogP contribution is -2.33. The highest BCUT2D eigenvalue weighted by atomic mass is 32.2. The predicted octanol–water partition coefficient (Wildman–Crippen LogP) is -0.527. The molecule has 0 bridgehead atoms. The van der Waals surface area contributed by atoms with Gasteiger partial charge in [-0.3, -0.25) is 0 Å². The zero-order valence-corrected chi connectivity index (χ0v) is 8.63. The van der Waals surface area contributed by atoms with Gasteiger partial charge in [0.1, 0.15) is 0 Å². The zero-order valence-electron chi connectivity index (χ0n) is 7.81. The highest BCUT2D eigenvalue weighted by Crippen LogP contribution is 2.51. The van der Waals surface area contributed by atoms with Crippen LogP contribution >= 0.6 is 0 Å². The van der Waals surface area contributed by atoms with E-state index in [9.17, 15) is 8.42 Å². The van der Waals surface area contributed by atoms with Gasteiger partial charge in [-0.2, -0.15) is 0 Å². The maximum absolute atomic E-state index is 11.5. The highest BCUT2D eigenvalue weighted by Gasteiger charge is 2.56. The second kappa shape index (κ2) is 2.93. The lowest BCUT2D eigenvalue weighted by Gasteiger charge is -2.17. The number of sulfonamides is 1. The van der Waals surface area contributed by atoms with Crippen LogP contribution in [0, 0.1) is 17.8 Å². The van der Waals surface area contributed by atoms with Gasteiger partial charge in [0.05, 0.1) is 5.75 Å². The van der Waals surface area contributed by atoms with Gasteiger partial charge < -0.3 is 5.73 Å². The number of nitrogens with two attached hydrogens (primary N) is 1. The average Bonchev–Trinajstić information content (AvgIpc) is 2.57. The number of fused-ring (bicyclic) bond motifs is 1. The number of hydrogen-bond donors (Lipinski definition) is 1. The monoisotopic (exact) mass is 204 g/mol. The molecule has 0 amide bonds. The normalized spacial score (nSPS) is 39.1. The van der Waals surface area contributed by atoms with Crippen molar-refractivity contribution in [1.29, 1.82) is 0 Å². The summed E-state index contributed by atoms with van der Waals surface area (Å²) in [6.45, 7) is 3.83. The Morgan fingerprint density at radius 2 is 1.92 bits per heavy atom. The fourth-order valence-electron chi connectivity index (χ4n) is 2.37. The summed E-state index contributed by atoms with van der Waals surface area (Å²) >= 11 is 0. The Morgan fingerprint density at radius 3 is 2.31 bits per heavy atom. The van der Waals surface area contributed by atoms with Gasteiger partial charge in [0, 0.05) is 13.1 Å². The molecule has 0 aromatic heterocycles. The third-order valence-corrected chi connectivity index (χ3v) is 5.18. The van der Waals surface area contributed by atoms with Crippen LogP contribution in [0.5, 0.6) is 0 Å². The van der Waals surface area contributed by atoms with E-state index >= 15 is 0 Å². The molecule has 0 radical (unpaired) electrons. The van der Waals surface area contributed by atoms with Crippen LogP contribution in [0.25, 0.3) is 0 Å². The summed E-state index contributed by atoms with van der Waals surface area (Å²) in [4.78, 5) is 0. The first-order valence-corrected chi connectivity index (χ1v) is 6.39. The van der Waals surface area contributed by atoms with Crippen molar-refractivity contribution in [3.8, 4) is 0 Å². The van der Waals surface area contributed by atoms with Gasteiger partial charge in [-0.1, -0.05) is 0 Å². The van der Waals surface area contributed by atoms with Crippen molar-refractivity contribution < 1.29 is 8.42 Å². The molecule has 76 valence electrons. The topological polar surface area (TPSA) is 63.4 Å². The molecular weight excluding hydrogens is 188 g/mol. The van der Waals surface area contributed by atoms with Crippen molar-refractivity contribution in [3.05, 3.63) is 0 Å². The van der Waals surface area contributed by atoms with Crippen molar-refractivity contribution >= 4 is 10.0 Å². The minimum Gasteiger partial charge on any atom is -0.330 e. The van der Waals surface area contributed by atoms with E-state index < -0.39 is 10.0 Å². The first kappa shape index (κ1) is 9.43. The lowest BCUT2D eigenvalue weighted by molar-refractivity contribution is 0.415. The maximum Gasteiger partial charge on any atom is 0.213 e. The molecule has 2 atom stereocenters. The van der Waals surface area contributed by atoms with E-state index in [1.54, 1.807) is 11.2 Å². The lowest BCUT2D eigenvalue weighted by atomic mass is 10.3. The Bertz CT molecular complexity index is 289. The number of hydrogen-bond acceptors (Lipinski definition) is 3. The first-order valence-electron chi connectivity index (χ1n) is 4.78. The van der Waals surface area contributed by atoms with Gasteiger partial charge in [-0.05, 0) is 31.2 Å². The van der Waals surface area contributed by atoms with Crippen LogP contribution in [-0.4, -0.2) is 38.1 Å². The second-order valence-electron chi connectivity index (χ2n) is 3.94. The van der Waals surface area contributed by atoms with Gasteiger partial charge in [-0.15, -0.1) is 0 Å². The Labute approximate surface area is 79.1 Å². The van der Waals surface area contributed by atoms with Gasteiger partial charge in [0.15, 0.2) is 0 Å². The third kappa shape index (κ3) is 1.39. The second-order valence-corrected chi connectivity index (χ2v) is 6.20. The number of piperidine rings is 1. The smallest absolute Gasteiger partial charge is 0.213 e. The van der Waals surface area contributed by atoms with Crippen LogP contribution in [0.1, 0.15) is 6.92 Å². The van der Waals surface area contributed by atoms with Gasteiger partial charge in [-0.25, -0.2) is 12.7 Å². The predicted molar refractivity (Wildman–Crippen MR) is 50.6 cm³/mol. The summed E-state index contributed by atoms with van der Waals surface area (Å²) in [6, 6.07) is 0. The molecule has 1 saturated heterocycles. The first-order chi connectivity index (χ1) is 6.10. The fourth-order valence-corrected chi connectivity index (χ4v) is 3.53. The Morgan fingerprint density at radius 1 is 1.38 bits per heavy atom. The highest BCUT2D eigenvalue weighted by molar-refractivity contribution is 7.89. The van der Waals surface area contributed by atoms with E-state index in [-0.39, 0.29) is 5.75 Å². The molecule has 1 aliphatic carbocycles. The third-order valence-electron chi connectivity index (χ3n) is 3.37. The molecule has 2 N–H and O–H groups in total. The molecule has 4 nitrogen and oxygen atoms in total. The van der Waals surface area contributed by atoms with Crippen LogP contribution in [-0.2, 0) is 10.0 Å². The summed E-state index contributed by atoms with van der Waals surface area (Å²) in [5, 5.41) is 0. The fraction of sp³-hybridized carbons (Fsp3) is 1.00. The van der Waals surface area contributed by atoms with Crippen molar-refractivity contribution in [2.45, 2.75) is 6.92 Å². The minimum absolute atomic E-state index is 0.222. The summed E-state index contributed by atoms with van der Waals surface area (Å²) in [5.41, 5.74) is 5.54. The average molecular weight is 204 g/mol. The Balaban J connectivity index is 1.98.